The third-order valence-corrected chi connectivity index (χ3v) is 4.16. The molecule has 2 rings (SSSR count). The van der Waals surface area contributed by atoms with E-state index in [0.717, 1.165) is 22.0 Å². The lowest BCUT2D eigenvalue weighted by Gasteiger charge is -2.08. The molecule has 0 unspecified atom stereocenters. The molecule has 0 aliphatic heterocycles. The van der Waals surface area contributed by atoms with Crippen molar-refractivity contribution in [3.8, 4) is 5.75 Å². The zero-order valence-electron chi connectivity index (χ0n) is 11.3. The molecule has 19 heavy (non-hydrogen) atoms. The van der Waals surface area contributed by atoms with E-state index in [0.29, 0.717) is 0 Å². The topological polar surface area (TPSA) is 31.2 Å². The zero-order valence-corrected chi connectivity index (χ0v) is 12.2. The molecule has 4 heteroatoms. The Balaban J connectivity index is 2.09. The minimum Gasteiger partial charge on any atom is -0.497 e. The third-order valence-electron chi connectivity index (χ3n) is 2.94. The molecule has 100 valence electrons. The van der Waals surface area contributed by atoms with E-state index in [1.54, 1.807) is 36.6 Å². The first kappa shape index (κ1) is 13.7. The Morgan fingerprint density at radius 1 is 1.26 bits per heavy atom. The fraction of sp³-hybridized carbons (Fsp3) is 0.267. The summed E-state index contributed by atoms with van der Waals surface area (Å²) >= 11 is 1.74. The molecule has 0 spiro atoms. The first-order valence-corrected chi connectivity index (χ1v) is 7.01. The molecule has 0 amide bonds. The van der Waals surface area contributed by atoms with Gasteiger partial charge in [-0.25, -0.2) is 0 Å². The van der Waals surface area contributed by atoms with Crippen molar-refractivity contribution in [3.63, 3.8) is 0 Å². The molecule has 0 saturated heterocycles. The molecular formula is C15H17NO2S. The second kappa shape index (κ2) is 5.97. The maximum atomic E-state index is 11.5. The number of nitrogens with zero attached hydrogens (tertiary/aromatic N) is 1. The van der Waals surface area contributed by atoms with Crippen molar-refractivity contribution in [1.82, 2.24) is 4.57 Å². The average Bonchev–Trinajstić information content (AvgIpc) is 2.42. The van der Waals surface area contributed by atoms with Gasteiger partial charge in [-0.2, -0.15) is 0 Å². The molecule has 1 aromatic heterocycles. The quantitative estimate of drug-likeness (QED) is 0.804. The second-order valence-corrected chi connectivity index (χ2v) is 5.42. The number of ether oxygens (including phenoxy) is 1. The largest absolute Gasteiger partial charge is 0.497 e. The van der Waals surface area contributed by atoms with Crippen molar-refractivity contribution in [2.24, 2.45) is 7.05 Å². The number of benzene rings is 1. The predicted molar refractivity (Wildman–Crippen MR) is 79.0 cm³/mol. The summed E-state index contributed by atoms with van der Waals surface area (Å²) in [6, 6.07) is 9.72. The van der Waals surface area contributed by atoms with Gasteiger partial charge in [-0.15, -0.1) is 11.8 Å². The van der Waals surface area contributed by atoms with Crippen LogP contribution in [0.1, 0.15) is 11.1 Å². The molecular weight excluding hydrogens is 258 g/mol. The highest BCUT2D eigenvalue weighted by molar-refractivity contribution is 7.98. The normalized spacial score (nSPS) is 10.5. The summed E-state index contributed by atoms with van der Waals surface area (Å²) < 4.78 is 6.75. The van der Waals surface area contributed by atoms with Gasteiger partial charge in [0, 0.05) is 30.0 Å². The Morgan fingerprint density at radius 2 is 1.95 bits per heavy atom. The maximum Gasteiger partial charge on any atom is 0.250 e. The highest BCUT2D eigenvalue weighted by Gasteiger charge is 2.03. The van der Waals surface area contributed by atoms with E-state index in [1.807, 2.05) is 25.3 Å². The van der Waals surface area contributed by atoms with Gasteiger partial charge in [0.25, 0.3) is 5.56 Å². The standard InChI is InChI=1S/C15H17NO2S/c1-11-8-15(17)16(2)9-14(11)19-10-12-4-6-13(18-3)7-5-12/h4-9H,10H2,1-3H3. The summed E-state index contributed by atoms with van der Waals surface area (Å²) in [6.45, 7) is 1.97. The number of thioether (sulfide) groups is 1. The van der Waals surface area contributed by atoms with Crippen LogP contribution in [0, 0.1) is 6.92 Å². The highest BCUT2D eigenvalue weighted by atomic mass is 32.2. The molecule has 0 saturated carbocycles. The van der Waals surface area contributed by atoms with Crippen molar-refractivity contribution >= 4 is 11.8 Å². The molecule has 0 N–H and O–H groups in total. The minimum atomic E-state index is 0.0336. The van der Waals surface area contributed by atoms with Gasteiger partial charge in [0.2, 0.25) is 0 Å². The van der Waals surface area contributed by atoms with Gasteiger partial charge in [-0.1, -0.05) is 12.1 Å². The fourth-order valence-electron chi connectivity index (χ4n) is 1.73. The Morgan fingerprint density at radius 3 is 2.58 bits per heavy atom. The lowest BCUT2D eigenvalue weighted by atomic mass is 10.2. The van der Waals surface area contributed by atoms with Crippen LogP contribution in [0.25, 0.3) is 0 Å². The molecule has 0 radical (unpaired) electrons. The fourth-order valence-corrected chi connectivity index (χ4v) is 2.77. The van der Waals surface area contributed by atoms with Crippen molar-refractivity contribution in [2.45, 2.75) is 17.6 Å². The lowest BCUT2D eigenvalue weighted by molar-refractivity contribution is 0.414. The lowest BCUT2D eigenvalue weighted by Crippen LogP contribution is -2.15. The first-order valence-electron chi connectivity index (χ1n) is 6.03. The number of hydrogen-bond donors (Lipinski definition) is 0. The Bertz CT molecular complexity index is 617. The number of methoxy groups -OCH3 is 1. The van der Waals surface area contributed by atoms with Gasteiger partial charge in [-0.05, 0) is 30.2 Å². The SMILES string of the molecule is COc1ccc(CSc2cn(C)c(=O)cc2C)cc1. The molecule has 1 heterocycles. The number of hydrogen-bond acceptors (Lipinski definition) is 3. The summed E-state index contributed by atoms with van der Waals surface area (Å²) in [7, 11) is 3.44. The van der Waals surface area contributed by atoms with Crippen LogP contribution in [0.4, 0.5) is 0 Å². The van der Waals surface area contributed by atoms with Crippen LogP contribution >= 0.6 is 11.8 Å². The van der Waals surface area contributed by atoms with Crippen molar-refractivity contribution in [2.75, 3.05) is 7.11 Å². The van der Waals surface area contributed by atoms with Crippen molar-refractivity contribution in [3.05, 3.63) is 58.0 Å². The monoisotopic (exact) mass is 275 g/mol. The maximum absolute atomic E-state index is 11.5. The van der Waals surface area contributed by atoms with Gasteiger partial charge in [0.1, 0.15) is 5.75 Å². The summed E-state index contributed by atoms with van der Waals surface area (Å²) in [5.74, 6) is 1.75. The van der Waals surface area contributed by atoms with Crippen molar-refractivity contribution < 1.29 is 4.74 Å². The van der Waals surface area contributed by atoms with E-state index in [4.69, 9.17) is 4.74 Å². The van der Waals surface area contributed by atoms with E-state index in [9.17, 15) is 4.79 Å². The summed E-state index contributed by atoms with van der Waals surface area (Å²) in [5, 5.41) is 0. The van der Waals surface area contributed by atoms with Crippen LogP contribution in [0.2, 0.25) is 0 Å². The van der Waals surface area contributed by atoms with Crippen LogP contribution in [0.5, 0.6) is 5.75 Å². The zero-order chi connectivity index (χ0) is 13.8. The van der Waals surface area contributed by atoms with Gasteiger partial charge >= 0.3 is 0 Å². The summed E-state index contributed by atoms with van der Waals surface area (Å²) in [6.07, 6.45) is 1.89. The molecule has 0 fully saturated rings. The van der Waals surface area contributed by atoms with Gasteiger partial charge < -0.3 is 9.30 Å². The molecule has 0 aliphatic carbocycles. The van der Waals surface area contributed by atoms with E-state index in [-0.39, 0.29) is 5.56 Å². The van der Waals surface area contributed by atoms with Gasteiger partial charge in [-0.3, -0.25) is 4.79 Å². The molecule has 0 bridgehead atoms. The van der Waals surface area contributed by atoms with E-state index in [1.165, 1.54) is 5.56 Å². The van der Waals surface area contributed by atoms with Crippen LogP contribution in [0.3, 0.4) is 0 Å². The van der Waals surface area contributed by atoms with E-state index in [2.05, 4.69) is 12.1 Å². The number of aryl methyl sites for hydroxylation is 2. The molecule has 0 aliphatic rings. The Hall–Kier alpha value is -1.68. The second-order valence-electron chi connectivity index (χ2n) is 4.41. The van der Waals surface area contributed by atoms with Crippen LogP contribution in [-0.2, 0) is 12.8 Å². The van der Waals surface area contributed by atoms with Crippen LogP contribution in [0.15, 0.2) is 46.2 Å². The smallest absolute Gasteiger partial charge is 0.250 e. The first-order chi connectivity index (χ1) is 9.10. The Labute approximate surface area is 117 Å². The van der Waals surface area contributed by atoms with Gasteiger partial charge in [0.15, 0.2) is 0 Å². The average molecular weight is 275 g/mol. The molecule has 2 aromatic rings. The summed E-state index contributed by atoms with van der Waals surface area (Å²) in [5.41, 5.74) is 2.30. The molecule has 3 nitrogen and oxygen atoms in total. The Kier molecular flexibility index (Phi) is 4.32. The molecule has 0 atom stereocenters. The minimum absolute atomic E-state index is 0.0336. The molecule has 1 aromatic carbocycles. The third kappa shape index (κ3) is 3.41. The van der Waals surface area contributed by atoms with E-state index >= 15 is 0 Å². The summed E-state index contributed by atoms with van der Waals surface area (Å²) in [4.78, 5) is 12.6. The van der Waals surface area contributed by atoms with Crippen LogP contribution < -0.4 is 10.3 Å². The van der Waals surface area contributed by atoms with Crippen molar-refractivity contribution in [1.29, 1.82) is 0 Å². The highest BCUT2D eigenvalue weighted by Crippen LogP contribution is 2.25. The number of rotatable bonds is 4. The van der Waals surface area contributed by atoms with E-state index < -0.39 is 0 Å². The van der Waals surface area contributed by atoms with Crippen LogP contribution in [-0.4, -0.2) is 11.7 Å². The predicted octanol–water partition coefficient (Wildman–Crippen LogP) is 2.99. The number of pyridine rings is 1. The number of aromatic nitrogens is 1. The van der Waals surface area contributed by atoms with Gasteiger partial charge in [0.05, 0.1) is 7.11 Å².